The second kappa shape index (κ2) is 4.76. The third-order valence-corrected chi connectivity index (χ3v) is 4.59. The highest BCUT2D eigenvalue weighted by molar-refractivity contribution is 7.20. The van der Waals surface area contributed by atoms with Crippen LogP contribution in [0.1, 0.15) is 28.4 Å². The number of carbonyl (C=O) groups is 2. The summed E-state index contributed by atoms with van der Waals surface area (Å²) in [5.41, 5.74) is 3.17. The SMILES string of the molecule is CC(=O)Nc1sc2c(c1C(=O)[O-])CCc1ccccc1-2. The van der Waals surface area contributed by atoms with Gasteiger partial charge in [0.1, 0.15) is 5.00 Å². The minimum absolute atomic E-state index is 0.134. The van der Waals surface area contributed by atoms with Crippen LogP contribution in [0.15, 0.2) is 24.3 Å². The van der Waals surface area contributed by atoms with Gasteiger partial charge in [0.25, 0.3) is 0 Å². The van der Waals surface area contributed by atoms with Gasteiger partial charge < -0.3 is 15.2 Å². The largest absolute Gasteiger partial charge is 0.545 e. The van der Waals surface area contributed by atoms with E-state index in [1.54, 1.807) is 0 Å². The Morgan fingerprint density at radius 2 is 2.00 bits per heavy atom. The Bertz CT molecular complexity index is 718. The van der Waals surface area contributed by atoms with Gasteiger partial charge in [-0.1, -0.05) is 24.3 Å². The first-order chi connectivity index (χ1) is 9.58. The van der Waals surface area contributed by atoms with Gasteiger partial charge in [0, 0.05) is 17.4 Å². The van der Waals surface area contributed by atoms with E-state index in [1.165, 1.54) is 23.8 Å². The molecule has 0 saturated heterocycles. The Labute approximate surface area is 120 Å². The first-order valence-electron chi connectivity index (χ1n) is 6.31. The first-order valence-corrected chi connectivity index (χ1v) is 7.12. The van der Waals surface area contributed by atoms with Crippen molar-refractivity contribution in [1.29, 1.82) is 0 Å². The molecule has 0 fully saturated rings. The Kier molecular flexibility index (Phi) is 3.06. The number of anilines is 1. The van der Waals surface area contributed by atoms with Gasteiger partial charge in [-0.05, 0) is 29.5 Å². The van der Waals surface area contributed by atoms with Crippen LogP contribution in [0, 0.1) is 0 Å². The maximum absolute atomic E-state index is 11.4. The minimum atomic E-state index is -1.23. The molecular weight excluding hydrogens is 274 g/mol. The number of carboxylic acids is 1. The maximum atomic E-state index is 11.4. The highest BCUT2D eigenvalue weighted by Crippen LogP contribution is 2.44. The molecule has 3 rings (SSSR count). The lowest BCUT2D eigenvalue weighted by atomic mass is 9.89. The van der Waals surface area contributed by atoms with Crippen molar-refractivity contribution in [1.82, 2.24) is 0 Å². The smallest absolute Gasteiger partial charge is 0.221 e. The third kappa shape index (κ3) is 2.00. The molecule has 1 heterocycles. The molecule has 1 aliphatic carbocycles. The number of carbonyl (C=O) groups excluding carboxylic acids is 2. The van der Waals surface area contributed by atoms with E-state index in [4.69, 9.17) is 0 Å². The molecule has 5 heteroatoms. The number of rotatable bonds is 2. The molecule has 1 aliphatic rings. The van der Waals surface area contributed by atoms with Crippen LogP contribution in [0.25, 0.3) is 10.4 Å². The van der Waals surface area contributed by atoms with Gasteiger partial charge in [0.2, 0.25) is 5.91 Å². The van der Waals surface area contributed by atoms with Gasteiger partial charge in [-0.3, -0.25) is 4.79 Å². The van der Waals surface area contributed by atoms with Gasteiger partial charge in [-0.2, -0.15) is 0 Å². The third-order valence-electron chi connectivity index (χ3n) is 3.41. The van der Waals surface area contributed by atoms with E-state index in [9.17, 15) is 14.7 Å². The molecule has 0 spiro atoms. The summed E-state index contributed by atoms with van der Waals surface area (Å²) in [4.78, 5) is 23.5. The zero-order valence-corrected chi connectivity index (χ0v) is 11.7. The van der Waals surface area contributed by atoms with Gasteiger partial charge in [0.05, 0.1) is 5.97 Å². The van der Waals surface area contributed by atoms with Crippen LogP contribution in [0.4, 0.5) is 5.00 Å². The molecule has 0 radical (unpaired) electrons. The van der Waals surface area contributed by atoms with Crippen LogP contribution in [0.3, 0.4) is 0 Å². The number of carboxylic acid groups (broad SMARTS) is 1. The van der Waals surface area contributed by atoms with E-state index in [1.807, 2.05) is 18.2 Å². The number of amides is 1. The predicted octanol–water partition coefficient (Wildman–Crippen LogP) is 1.84. The van der Waals surface area contributed by atoms with E-state index in [-0.39, 0.29) is 11.5 Å². The van der Waals surface area contributed by atoms with Crippen LogP contribution in [-0.4, -0.2) is 11.9 Å². The van der Waals surface area contributed by atoms with Gasteiger partial charge in [-0.15, -0.1) is 11.3 Å². The normalized spacial score (nSPS) is 12.4. The molecule has 1 aromatic heterocycles. The Balaban J connectivity index is 2.21. The molecule has 0 unspecified atom stereocenters. The number of aromatic carboxylic acids is 1. The molecule has 102 valence electrons. The molecule has 0 bridgehead atoms. The number of thiophene rings is 1. The molecule has 1 amide bonds. The van der Waals surface area contributed by atoms with Crippen molar-refractivity contribution >= 4 is 28.2 Å². The van der Waals surface area contributed by atoms with Crippen LogP contribution >= 0.6 is 11.3 Å². The Morgan fingerprint density at radius 1 is 1.25 bits per heavy atom. The number of aryl methyl sites for hydroxylation is 1. The molecular formula is C15H12NO3S-. The topological polar surface area (TPSA) is 69.2 Å². The second-order valence-electron chi connectivity index (χ2n) is 4.74. The summed E-state index contributed by atoms with van der Waals surface area (Å²) in [5.74, 6) is -1.51. The van der Waals surface area contributed by atoms with E-state index < -0.39 is 5.97 Å². The Morgan fingerprint density at radius 3 is 2.70 bits per heavy atom. The van der Waals surface area contributed by atoms with E-state index >= 15 is 0 Å². The highest BCUT2D eigenvalue weighted by Gasteiger charge is 2.25. The molecule has 1 N–H and O–H groups in total. The van der Waals surface area contributed by atoms with E-state index in [0.29, 0.717) is 11.4 Å². The zero-order chi connectivity index (χ0) is 14.3. The van der Waals surface area contributed by atoms with E-state index in [2.05, 4.69) is 11.4 Å². The number of nitrogens with one attached hydrogen (secondary N) is 1. The summed E-state index contributed by atoms with van der Waals surface area (Å²) in [6.07, 6.45) is 1.46. The summed E-state index contributed by atoms with van der Waals surface area (Å²) in [7, 11) is 0. The quantitative estimate of drug-likeness (QED) is 0.915. The van der Waals surface area contributed by atoms with Crippen molar-refractivity contribution in [3.8, 4) is 10.4 Å². The molecule has 1 aromatic carbocycles. The van der Waals surface area contributed by atoms with Gasteiger partial charge >= 0.3 is 0 Å². The van der Waals surface area contributed by atoms with Crippen molar-refractivity contribution in [3.05, 3.63) is 41.0 Å². The lowest BCUT2D eigenvalue weighted by Gasteiger charge is -2.17. The lowest BCUT2D eigenvalue weighted by molar-refractivity contribution is -0.254. The standard InChI is InChI=1S/C15H13NO3S/c1-8(17)16-14-12(15(18)19)11-7-6-9-4-2-3-5-10(9)13(11)20-14/h2-5H,6-7H2,1H3,(H,16,17)(H,18,19)/p-1. The number of fused-ring (bicyclic) bond motifs is 3. The van der Waals surface area contributed by atoms with Gasteiger partial charge in [-0.25, -0.2) is 0 Å². The fourth-order valence-corrected chi connectivity index (χ4v) is 3.95. The summed E-state index contributed by atoms with van der Waals surface area (Å²) in [6.45, 7) is 1.37. The number of hydrogen-bond donors (Lipinski definition) is 1. The molecule has 20 heavy (non-hydrogen) atoms. The molecule has 0 saturated carbocycles. The number of benzene rings is 1. The monoisotopic (exact) mass is 286 g/mol. The fraction of sp³-hybridized carbons (Fsp3) is 0.200. The average Bonchev–Trinajstić information content (AvgIpc) is 2.76. The first kappa shape index (κ1) is 12.9. The van der Waals surface area contributed by atoms with Crippen LogP contribution < -0.4 is 10.4 Å². The highest BCUT2D eigenvalue weighted by atomic mass is 32.1. The average molecular weight is 286 g/mol. The second-order valence-corrected chi connectivity index (χ2v) is 5.76. The van der Waals surface area contributed by atoms with Crippen LogP contribution in [0.5, 0.6) is 0 Å². The summed E-state index contributed by atoms with van der Waals surface area (Å²) in [5, 5.41) is 14.4. The molecule has 0 atom stereocenters. The number of hydrogen-bond acceptors (Lipinski definition) is 4. The summed E-state index contributed by atoms with van der Waals surface area (Å²) >= 11 is 1.31. The van der Waals surface area contributed by atoms with Crippen molar-refractivity contribution in [3.63, 3.8) is 0 Å². The van der Waals surface area contributed by atoms with Gasteiger partial charge in [0.15, 0.2) is 0 Å². The van der Waals surface area contributed by atoms with Crippen LogP contribution in [-0.2, 0) is 17.6 Å². The van der Waals surface area contributed by atoms with Crippen molar-refractivity contribution < 1.29 is 14.7 Å². The maximum Gasteiger partial charge on any atom is 0.221 e. The van der Waals surface area contributed by atoms with Crippen molar-refractivity contribution in [2.24, 2.45) is 0 Å². The fourth-order valence-electron chi connectivity index (χ4n) is 2.60. The van der Waals surface area contributed by atoms with Crippen molar-refractivity contribution in [2.75, 3.05) is 5.32 Å². The Hall–Kier alpha value is -2.14. The minimum Gasteiger partial charge on any atom is -0.545 e. The summed E-state index contributed by atoms with van der Waals surface area (Å²) in [6, 6.07) is 7.95. The van der Waals surface area contributed by atoms with Crippen molar-refractivity contribution in [2.45, 2.75) is 19.8 Å². The van der Waals surface area contributed by atoms with E-state index in [0.717, 1.165) is 22.4 Å². The molecule has 0 aliphatic heterocycles. The molecule has 2 aromatic rings. The predicted molar refractivity (Wildman–Crippen MR) is 75.8 cm³/mol. The summed E-state index contributed by atoms with van der Waals surface area (Å²) < 4.78 is 0. The molecule has 4 nitrogen and oxygen atoms in total. The zero-order valence-electron chi connectivity index (χ0n) is 10.9. The lowest BCUT2D eigenvalue weighted by Crippen LogP contribution is -2.25. The van der Waals surface area contributed by atoms with Crippen LogP contribution in [0.2, 0.25) is 0 Å².